The van der Waals surface area contributed by atoms with Gasteiger partial charge >= 0.3 is 0 Å². The van der Waals surface area contributed by atoms with Crippen LogP contribution in [0, 0.1) is 5.92 Å². The van der Waals surface area contributed by atoms with Crippen LogP contribution in [0.25, 0.3) is 0 Å². The lowest BCUT2D eigenvalue weighted by Crippen LogP contribution is -2.25. The third-order valence-corrected chi connectivity index (χ3v) is 4.17. The van der Waals surface area contributed by atoms with Crippen LogP contribution in [0.3, 0.4) is 0 Å². The van der Waals surface area contributed by atoms with Crippen LogP contribution in [0.4, 0.5) is 5.69 Å². The second kappa shape index (κ2) is 5.72. The molecule has 0 aromatic heterocycles. The van der Waals surface area contributed by atoms with E-state index in [0.717, 1.165) is 10.4 Å². The van der Waals surface area contributed by atoms with Gasteiger partial charge in [0.05, 0.1) is 0 Å². The van der Waals surface area contributed by atoms with Crippen molar-refractivity contribution in [2.75, 3.05) is 5.32 Å². The highest BCUT2D eigenvalue weighted by Gasteiger charge is 2.19. The lowest BCUT2D eigenvalue weighted by Gasteiger charge is -2.29. The maximum absolute atomic E-state index is 3.63. The van der Waals surface area contributed by atoms with Crippen molar-refractivity contribution in [1.82, 2.24) is 0 Å². The number of benzene rings is 1. The molecule has 1 aromatic carbocycles. The van der Waals surface area contributed by atoms with E-state index in [1.165, 1.54) is 37.8 Å². The molecule has 1 aromatic rings. The van der Waals surface area contributed by atoms with Gasteiger partial charge in [0, 0.05) is 16.2 Å². The van der Waals surface area contributed by atoms with Gasteiger partial charge in [-0.15, -0.1) is 0 Å². The van der Waals surface area contributed by atoms with Gasteiger partial charge in [0.25, 0.3) is 0 Å². The molecule has 0 bridgehead atoms. The van der Waals surface area contributed by atoms with E-state index in [9.17, 15) is 0 Å². The predicted octanol–water partition coefficient (Wildman–Crippen LogP) is 4.83. The second-order valence-electron chi connectivity index (χ2n) is 4.78. The fraction of sp³-hybridized carbons (Fsp3) is 0.571. The monoisotopic (exact) mass is 281 g/mol. The molecule has 88 valence electrons. The van der Waals surface area contributed by atoms with Gasteiger partial charge in [0.2, 0.25) is 0 Å². The zero-order chi connectivity index (χ0) is 11.4. The Morgan fingerprint density at radius 1 is 1.12 bits per heavy atom. The van der Waals surface area contributed by atoms with Crippen molar-refractivity contribution >= 4 is 21.6 Å². The SMILES string of the molecule is CCC1CCC(Nc2ccc(Br)cc2)CC1. The first-order valence-electron chi connectivity index (χ1n) is 6.30. The van der Waals surface area contributed by atoms with Crippen LogP contribution in [-0.2, 0) is 0 Å². The maximum atomic E-state index is 3.63. The fourth-order valence-corrected chi connectivity index (χ4v) is 2.76. The fourth-order valence-electron chi connectivity index (χ4n) is 2.50. The van der Waals surface area contributed by atoms with E-state index in [2.05, 4.69) is 52.4 Å². The Morgan fingerprint density at radius 2 is 1.75 bits per heavy atom. The summed E-state index contributed by atoms with van der Waals surface area (Å²) < 4.78 is 1.15. The number of nitrogens with one attached hydrogen (secondary N) is 1. The largest absolute Gasteiger partial charge is 0.382 e. The van der Waals surface area contributed by atoms with E-state index < -0.39 is 0 Å². The molecule has 1 fully saturated rings. The number of hydrogen-bond donors (Lipinski definition) is 1. The van der Waals surface area contributed by atoms with Crippen LogP contribution >= 0.6 is 15.9 Å². The molecule has 0 saturated heterocycles. The minimum Gasteiger partial charge on any atom is -0.382 e. The molecule has 1 nitrogen and oxygen atoms in total. The molecule has 16 heavy (non-hydrogen) atoms. The van der Waals surface area contributed by atoms with E-state index in [0.29, 0.717) is 6.04 Å². The molecule has 1 aliphatic carbocycles. The molecule has 0 aliphatic heterocycles. The molecular formula is C14H20BrN. The van der Waals surface area contributed by atoms with Crippen molar-refractivity contribution in [2.24, 2.45) is 5.92 Å². The number of hydrogen-bond acceptors (Lipinski definition) is 1. The summed E-state index contributed by atoms with van der Waals surface area (Å²) in [6.07, 6.45) is 6.80. The van der Waals surface area contributed by atoms with Crippen molar-refractivity contribution < 1.29 is 0 Å². The Morgan fingerprint density at radius 3 is 2.31 bits per heavy atom. The molecule has 2 heteroatoms. The van der Waals surface area contributed by atoms with E-state index in [-0.39, 0.29) is 0 Å². The molecule has 0 amide bonds. The molecule has 0 spiro atoms. The Bertz CT molecular complexity index is 312. The molecule has 0 unspecified atom stereocenters. The van der Waals surface area contributed by atoms with Gasteiger partial charge in [-0.25, -0.2) is 0 Å². The molecule has 0 heterocycles. The van der Waals surface area contributed by atoms with Crippen LogP contribution in [-0.4, -0.2) is 6.04 Å². The topological polar surface area (TPSA) is 12.0 Å². The average molecular weight is 282 g/mol. The number of anilines is 1. The Balaban J connectivity index is 1.84. The summed E-state index contributed by atoms with van der Waals surface area (Å²) in [6, 6.07) is 9.18. The van der Waals surface area contributed by atoms with Gasteiger partial charge < -0.3 is 5.32 Å². The van der Waals surface area contributed by atoms with Crippen LogP contribution < -0.4 is 5.32 Å². The summed E-state index contributed by atoms with van der Waals surface area (Å²) >= 11 is 3.46. The Kier molecular flexibility index (Phi) is 4.28. The first-order valence-corrected chi connectivity index (χ1v) is 7.09. The number of rotatable bonds is 3. The summed E-state index contributed by atoms with van der Waals surface area (Å²) in [5.41, 5.74) is 1.25. The third-order valence-electron chi connectivity index (χ3n) is 3.64. The van der Waals surface area contributed by atoms with E-state index in [1.54, 1.807) is 0 Å². The Labute approximate surface area is 107 Å². The molecule has 0 radical (unpaired) electrons. The van der Waals surface area contributed by atoms with Crippen molar-refractivity contribution in [3.05, 3.63) is 28.7 Å². The predicted molar refractivity (Wildman–Crippen MR) is 73.8 cm³/mol. The molecule has 1 N–H and O–H groups in total. The minimum atomic E-state index is 0.684. The maximum Gasteiger partial charge on any atom is 0.0343 e. The van der Waals surface area contributed by atoms with E-state index >= 15 is 0 Å². The highest BCUT2D eigenvalue weighted by molar-refractivity contribution is 9.10. The molecular weight excluding hydrogens is 262 g/mol. The summed E-state index contributed by atoms with van der Waals surface area (Å²) in [6.45, 7) is 2.31. The summed E-state index contributed by atoms with van der Waals surface area (Å²) in [5.74, 6) is 0.975. The second-order valence-corrected chi connectivity index (χ2v) is 5.69. The molecule has 0 atom stereocenters. The van der Waals surface area contributed by atoms with Gasteiger partial charge in [-0.05, 0) is 55.9 Å². The van der Waals surface area contributed by atoms with Crippen LogP contribution in [0.15, 0.2) is 28.7 Å². The van der Waals surface area contributed by atoms with Gasteiger partial charge in [0.1, 0.15) is 0 Å². The van der Waals surface area contributed by atoms with Crippen molar-refractivity contribution in [3.63, 3.8) is 0 Å². The van der Waals surface area contributed by atoms with Crippen molar-refractivity contribution in [3.8, 4) is 0 Å². The standard InChI is InChI=1S/C14H20BrN/c1-2-11-3-7-13(8-4-11)16-14-9-5-12(15)6-10-14/h5-6,9-11,13,16H,2-4,7-8H2,1H3. The van der Waals surface area contributed by atoms with Gasteiger partial charge in [-0.1, -0.05) is 29.3 Å². The zero-order valence-electron chi connectivity index (χ0n) is 9.88. The quantitative estimate of drug-likeness (QED) is 0.837. The van der Waals surface area contributed by atoms with Crippen LogP contribution in [0.2, 0.25) is 0 Å². The zero-order valence-corrected chi connectivity index (χ0v) is 11.5. The Hall–Kier alpha value is -0.500. The van der Waals surface area contributed by atoms with Crippen molar-refractivity contribution in [1.29, 1.82) is 0 Å². The summed E-state index contributed by atoms with van der Waals surface area (Å²) in [7, 11) is 0. The minimum absolute atomic E-state index is 0.684. The number of halogens is 1. The van der Waals surface area contributed by atoms with Crippen LogP contribution in [0.1, 0.15) is 39.0 Å². The lowest BCUT2D eigenvalue weighted by molar-refractivity contribution is 0.330. The smallest absolute Gasteiger partial charge is 0.0343 e. The highest BCUT2D eigenvalue weighted by Crippen LogP contribution is 2.28. The van der Waals surface area contributed by atoms with Gasteiger partial charge in [0.15, 0.2) is 0 Å². The summed E-state index contributed by atoms with van der Waals surface area (Å²) in [4.78, 5) is 0. The molecule has 1 saturated carbocycles. The normalized spacial score (nSPS) is 25.4. The first-order chi connectivity index (χ1) is 7.78. The van der Waals surface area contributed by atoms with E-state index in [4.69, 9.17) is 0 Å². The van der Waals surface area contributed by atoms with Crippen LogP contribution in [0.5, 0.6) is 0 Å². The first kappa shape index (κ1) is 12.0. The third kappa shape index (κ3) is 3.24. The average Bonchev–Trinajstić information content (AvgIpc) is 2.33. The molecule has 2 rings (SSSR count). The summed E-state index contributed by atoms with van der Waals surface area (Å²) in [5, 5.41) is 3.63. The highest BCUT2D eigenvalue weighted by atomic mass is 79.9. The molecule has 1 aliphatic rings. The lowest BCUT2D eigenvalue weighted by atomic mass is 9.84. The van der Waals surface area contributed by atoms with Gasteiger partial charge in [-0.3, -0.25) is 0 Å². The van der Waals surface area contributed by atoms with E-state index in [1.807, 2.05) is 0 Å². The van der Waals surface area contributed by atoms with Gasteiger partial charge in [-0.2, -0.15) is 0 Å². The van der Waals surface area contributed by atoms with Crippen molar-refractivity contribution in [2.45, 2.75) is 45.1 Å².